The van der Waals surface area contributed by atoms with Crippen LogP contribution < -0.4 is 5.32 Å². The Kier molecular flexibility index (Phi) is 4.39. The topological polar surface area (TPSA) is 15.3 Å². The van der Waals surface area contributed by atoms with Crippen LogP contribution in [0.1, 0.15) is 33.1 Å². The summed E-state index contributed by atoms with van der Waals surface area (Å²) in [6, 6.07) is 0. The van der Waals surface area contributed by atoms with E-state index in [0.29, 0.717) is 5.41 Å². The van der Waals surface area contributed by atoms with Gasteiger partial charge in [0.2, 0.25) is 0 Å². The highest BCUT2D eigenvalue weighted by molar-refractivity contribution is 4.87. The summed E-state index contributed by atoms with van der Waals surface area (Å²) in [7, 11) is 4.40. The fraction of sp³-hybridized carbons (Fsp3) is 1.00. The van der Waals surface area contributed by atoms with Crippen LogP contribution in [0.5, 0.6) is 0 Å². The predicted octanol–water partition coefficient (Wildman–Crippen LogP) is 1.96. The van der Waals surface area contributed by atoms with Gasteiger partial charge in [0.15, 0.2) is 0 Å². The lowest BCUT2D eigenvalue weighted by atomic mass is 9.73. The van der Waals surface area contributed by atoms with Gasteiger partial charge in [0, 0.05) is 6.54 Å². The van der Waals surface area contributed by atoms with E-state index < -0.39 is 0 Å². The molecule has 0 aromatic heterocycles. The van der Waals surface area contributed by atoms with Gasteiger partial charge < -0.3 is 10.2 Å². The third-order valence-electron chi connectivity index (χ3n) is 3.16. The van der Waals surface area contributed by atoms with E-state index >= 15 is 0 Å². The van der Waals surface area contributed by atoms with Crippen molar-refractivity contribution in [1.82, 2.24) is 10.2 Å². The van der Waals surface area contributed by atoms with Crippen molar-refractivity contribution in [3.63, 3.8) is 0 Å². The first-order chi connectivity index (χ1) is 6.54. The molecule has 1 heterocycles. The first kappa shape index (κ1) is 12.0. The summed E-state index contributed by atoms with van der Waals surface area (Å²) in [6.07, 6.45) is 4.08. The Hall–Kier alpha value is -0.0800. The van der Waals surface area contributed by atoms with E-state index in [9.17, 15) is 0 Å². The van der Waals surface area contributed by atoms with Crippen molar-refractivity contribution in [2.24, 2.45) is 11.3 Å². The van der Waals surface area contributed by atoms with Crippen molar-refractivity contribution in [3.8, 4) is 0 Å². The zero-order valence-corrected chi connectivity index (χ0v) is 10.3. The summed E-state index contributed by atoms with van der Waals surface area (Å²) in [4.78, 5) is 2.35. The molecule has 0 amide bonds. The molecule has 0 spiro atoms. The highest BCUT2D eigenvalue weighted by Crippen LogP contribution is 2.36. The minimum absolute atomic E-state index is 0.586. The Morgan fingerprint density at radius 3 is 2.21 bits per heavy atom. The third kappa shape index (κ3) is 3.58. The molecule has 0 aromatic carbocycles. The Balaban J connectivity index is 2.57. The molecule has 14 heavy (non-hydrogen) atoms. The van der Waals surface area contributed by atoms with Crippen LogP contribution in [0.4, 0.5) is 0 Å². The van der Waals surface area contributed by atoms with E-state index in [-0.39, 0.29) is 0 Å². The molecule has 0 aliphatic carbocycles. The average molecular weight is 198 g/mol. The zero-order chi connectivity index (χ0) is 10.6. The second kappa shape index (κ2) is 5.13. The fourth-order valence-corrected chi connectivity index (χ4v) is 2.92. The molecule has 84 valence electrons. The van der Waals surface area contributed by atoms with Crippen molar-refractivity contribution in [3.05, 3.63) is 0 Å². The van der Waals surface area contributed by atoms with Crippen LogP contribution in [0.2, 0.25) is 0 Å². The summed E-state index contributed by atoms with van der Waals surface area (Å²) in [5.41, 5.74) is 0.586. The van der Waals surface area contributed by atoms with Gasteiger partial charge in [-0.15, -0.1) is 0 Å². The third-order valence-corrected chi connectivity index (χ3v) is 3.16. The second-order valence-corrected chi connectivity index (χ2v) is 5.59. The molecule has 0 atom stereocenters. The molecule has 0 radical (unpaired) electrons. The fourth-order valence-electron chi connectivity index (χ4n) is 2.92. The SMILES string of the molecule is CC(C)CC1(CN(C)C)CCNCC1. The highest BCUT2D eigenvalue weighted by Gasteiger charge is 2.32. The molecular formula is C12H26N2. The van der Waals surface area contributed by atoms with Crippen LogP contribution in [-0.2, 0) is 0 Å². The van der Waals surface area contributed by atoms with E-state index in [2.05, 4.69) is 38.2 Å². The van der Waals surface area contributed by atoms with E-state index in [0.717, 1.165) is 5.92 Å². The summed E-state index contributed by atoms with van der Waals surface area (Å²) in [5, 5.41) is 3.47. The van der Waals surface area contributed by atoms with E-state index in [1.165, 1.54) is 38.9 Å². The number of hydrogen-bond acceptors (Lipinski definition) is 2. The Labute approximate surface area is 89.1 Å². The molecule has 0 bridgehead atoms. The quantitative estimate of drug-likeness (QED) is 0.743. The molecule has 1 aliphatic rings. The Bertz CT molecular complexity index is 146. The monoisotopic (exact) mass is 198 g/mol. The summed E-state index contributed by atoms with van der Waals surface area (Å²) < 4.78 is 0. The van der Waals surface area contributed by atoms with Gasteiger partial charge in [-0.05, 0) is 57.8 Å². The molecule has 1 rings (SSSR count). The van der Waals surface area contributed by atoms with Gasteiger partial charge in [-0.1, -0.05) is 13.8 Å². The van der Waals surface area contributed by atoms with Crippen LogP contribution >= 0.6 is 0 Å². The van der Waals surface area contributed by atoms with Gasteiger partial charge in [-0.2, -0.15) is 0 Å². The molecule has 0 aromatic rings. The van der Waals surface area contributed by atoms with Crippen molar-refractivity contribution < 1.29 is 0 Å². The lowest BCUT2D eigenvalue weighted by molar-refractivity contribution is 0.114. The van der Waals surface area contributed by atoms with Crippen LogP contribution in [-0.4, -0.2) is 38.6 Å². The van der Waals surface area contributed by atoms with Crippen LogP contribution in [0.25, 0.3) is 0 Å². The van der Waals surface area contributed by atoms with E-state index in [4.69, 9.17) is 0 Å². The highest BCUT2D eigenvalue weighted by atomic mass is 15.1. The van der Waals surface area contributed by atoms with Gasteiger partial charge in [0.25, 0.3) is 0 Å². The molecule has 0 unspecified atom stereocenters. The molecule has 1 saturated heterocycles. The maximum atomic E-state index is 3.47. The van der Waals surface area contributed by atoms with E-state index in [1.54, 1.807) is 0 Å². The molecule has 0 saturated carbocycles. The van der Waals surface area contributed by atoms with Crippen LogP contribution in [0.3, 0.4) is 0 Å². The largest absolute Gasteiger partial charge is 0.317 e. The lowest BCUT2D eigenvalue weighted by Gasteiger charge is -2.41. The Morgan fingerprint density at radius 2 is 1.79 bits per heavy atom. The van der Waals surface area contributed by atoms with Crippen molar-refractivity contribution in [2.45, 2.75) is 33.1 Å². The first-order valence-electron chi connectivity index (χ1n) is 5.89. The van der Waals surface area contributed by atoms with Crippen molar-refractivity contribution in [1.29, 1.82) is 0 Å². The van der Waals surface area contributed by atoms with Gasteiger partial charge in [0.1, 0.15) is 0 Å². The van der Waals surface area contributed by atoms with Crippen LogP contribution in [0, 0.1) is 11.3 Å². The summed E-state index contributed by atoms with van der Waals surface area (Å²) >= 11 is 0. The molecule has 2 nitrogen and oxygen atoms in total. The van der Waals surface area contributed by atoms with Gasteiger partial charge >= 0.3 is 0 Å². The minimum Gasteiger partial charge on any atom is -0.317 e. The van der Waals surface area contributed by atoms with Gasteiger partial charge in [-0.25, -0.2) is 0 Å². The van der Waals surface area contributed by atoms with E-state index in [1.807, 2.05) is 0 Å². The summed E-state index contributed by atoms with van der Waals surface area (Å²) in [6.45, 7) is 8.37. The van der Waals surface area contributed by atoms with Crippen molar-refractivity contribution in [2.75, 3.05) is 33.7 Å². The number of piperidine rings is 1. The lowest BCUT2D eigenvalue weighted by Crippen LogP contribution is -2.43. The predicted molar refractivity (Wildman–Crippen MR) is 62.5 cm³/mol. The second-order valence-electron chi connectivity index (χ2n) is 5.59. The minimum atomic E-state index is 0.586. The van der Waals surface area contributed by atoms with Crippen LogP contribution in [0.15, 0.2) is 0 Å². The Morgan fingerprint density at radius 1 is 1.21 bits per heavy atom. The normalized spacial score (nSPS) is 21.9. The number of nitrogens with zero attached hydrogens (tertiary/aromatic N) is 1. The standard InChI is InChI=1S/C12H26N2/c1-11(2)9-12(10-14(3)4)5-7-13-8-6-12/h11,13H,5-10H2,1-4H3. The molecule has 1 N–H and O–H groups in total. The van der Waals surface area contributed by atoms with Crippen molar-refractivity contribution >= 4 is 0 Å². The zero-order valence-electron chi connectivity index (χ0n) is 10.3. The number of nitrogens with one attached hydrogen (secondary N) is 1. The molecular weight excluding hydrogens is 172 g/mol. The number of rotatable bonds is 4. The molecule has 2 heteroatoms. The number of hydrogen-bond donors (Lipinski definition) is 1. The maximum absolute atomic E-state index is 3.47. The summed E-state index contributed by atoms with van der Waals surface area (Å²) in [5.74, 6) is 0.827. The smallest absolute Gasteiger partial charge is 0.00329 e. The average Bonchev–Trinajstić information content (AvgIpc) is 2.01. The van der Waals surface area contributed by atoms with Gasteiger partial charge in [-0.3, -0.25) is 0 Å². The molecule has 1 aliphatic heterocycles. The maximum Gasteiger partial charge on any atom is 0.00329 e. The molecule has 1 fully saturated rings. The first-order valence-corrected chi connectivity index (χ1v) is 5.89. The van der Waals surface area contributed by atoms with Gasteiger partial charge in [0.05, 0.1) is 0 Å².